The Morgan fingerprint density at radius 2 is 2.00 bits per heavy atom. The van der Waals surface area contributed by atoms with Crippen molar-refractivity contribution in [1.82, 2.24) is 0 Å². The lowest BCUT2D eigenvalue weighted by Crippen LogP contribution is -2.57. The van der Waals surface area contributed by atoms with Crippen LogP contribution in [0.2, 0.25) is 0 Å². The van der Waals surface area contributed by atoms with Crippen molar-refractivity contribution in [2.24, 2.45) is 17.6 Å². The molecule has 0 amide bonds. The first-order chi connectivity index (χ1) is 6.03. The van der Waals surface area contributed by atoms with Crippen LogP contribution in [-0.2, 0) is 4.74 Å². The molecule has 2 heteroatoms. The van der Waals surface area contributed by atoms with Crippen molar-refractivity contribution in [2.75, 3.05) is 0 Å². The molecular weight excluding hydrogens is 162 g/mol. The molecule has 2 nitrogen and oxygen atoms in total. The van der Waals surface area contributed by atoms with Crippen LogP contribution in [0.3, 0.4) is 0 Å². The number of fused-ring (bicyclic) bond motifs is 3. The van der Waals surface area contributed by atoms with E-state index < -0.39 is 0 Å². The molecule has 0 aromatic rings. The van der Waals surface area contributed by atoms with E-state index in [0.29, 0.717) is 12.0 Å². The number of ether oxygens (including phenoxy) is 1. The third-order valence-corrected chi connectivity index (χ3v) is 3.83. The highest BCUT2D eigenvalue weighted by molar-refractivity contribution is 5.03. The Kier molecular flexibility index (Phi) is 2.16. The highest BCUT2D eigenvalue weighted by atomic mass is 16.5. The van der Waals surface area contributed by atoms with Gasteiger partial charge in [-0.1, -0.05) is 20.8 Å². The van der Waals surface area contributed by atoms with E-state index in [9.17, 15) is 0 Å². The Morgan fingerprint density at radius 3 is 2.54 bits per heavy atom. The second kappa shape index (κ2) is 2.96. The molecule has 0 aromatic carbocycles. The van der Waals surface area contributed by atoms with Gasteiger partial charge in [-0.15, -0.1) is 0 Å². The topological polar surface area (TPSA) is 35.2 Å². The lowest BCUT2D eigenvalue weighted by atomic mass is 9.76. The summed E-state index contributed by atoms with van der Waals surface area (Å²) < 4.78 is 6.01. The van der Waals surface area contributed by atoms with Crippen LogP contribution in [-0.4, -0.2) is 17.7 Å². The molecule has 2 aliphatic heterocycles. The first-order valence-corrected chi connectivity index (χ1v) is 5.47. The summed E-state index contributed by atoms with van der Waals surface area (Å²) in [4.78, 5) is 0. The first-order valence-electron chi connectivity index (χ1n) is 5.47. The minimum atomic E-state index is 0.179. The van der Waals surface area contributed by atoms with Gasteiger partial charge in [0.05, 0.1) is 11.7 Å². The molecule has 2 saturated heterocycles. The molecule has 3 fully saturated rings. The molecule has 1 unspecified atom stereocenters. The summed E-state index contributed by atoms with van der Waals surface area (Å²) in [6.45, 7) is 6.83. The van der Waals surface area contributed by atoms with Crippen LogP contribution < -0.4 is 5.73 Å². The summed E-state index contributed by atoms with van der Waals surface area (Å²) in [7, 11) is 0. The Labute approximate surface area is 80.8 Å². The van der Waals surface area contributed by atoms with E-state index in [-0.39, 0.29) is 11.6 Å². The summed E-state index contributed by atoms with van der Waals surface area (Å²) >= 11 is 0. The first kappa shape index (κ1) is 9.47. The van der Waals surface area contributed by atoms with Crippen molar-refractivity contribution in [3.05, 3.63) is 0 Å². The average molecular weight is 183 g/mol. The number of rotatable bonds is 1. The zero-order chi connectivity index (χ0) is 9.64. The van der Waals surface area contributed by atoms with Crippen LogP contribution in [0.25, 0.3) is 0 Å². The second-order valence-corrected chi connectivity index (χ2v) is 5.29. The molecule has 3 rings (SSSR count). The van der Waals surface area contributed by atoms with Crippen LogP contribution in [0.5, 0.6) is 0 Å². The van der Waals surface area contributed by atoms with E-state index in [1.54, 1.807) is 0 Å². The zero-order valence-electron chi connectivity index (χ0n) is 8.92. The van der Waals surface area contributed by atoms with Gasteiger partial charge < -0.3 is 10.5 Å². The van der Waals surface area contributed by atoms with Crippen LogP contribution in [0.1, 0.15) is 40.0 Å². The van der Waals surface area contributed by atoms with Crippen molar-refractivity contribution >= 4 is 0 Å². The van der Waals surface area contributed by atoms with Gasteiger partial charge >= 0.3 is 0 Å². The third kappa shape index (κ3) is 1.40. The van der Waals surface area contributed by atoms with Gasteiger partial charge in [-0.25, -0.2) is 0 Å². The standard InChI is InChI=1S/C11H21NO/c1-7(2)11-5-8(3)4-9(12)10(6-11)13-11/h7-10H,4-6,12H2,1-3H3/t8-,9-,10+,11?/m1/s1. The van der Waals surface area contributed by atoms with E-state index in [0.717, 1.165) is 12.3 Å². The predicted molar refractivity (Wildman–Crippen MR) is 53.4 cm³/mol. The molecule has 0 radical (unpaired) electrons. The molecule has 0 spiro atoms. The lowest BCUT2D eigenvalue weighted by Gasteiger charge is -2.50. The van der Waals surface area contributed by atoms with Gasteiger partial charge in [0.2, 0.25) is 0 Å². The maximum atomic E-state index is 6.04. The summed E-state index contributed by atoms with van der Waals surface area (Å²) in [6.07, 6.45) is 3.89. The summed E-state index contributed by atoms with van der Waals surface area (Å²) in [5, 5.41) is 0. The Balaban J connectivity index is 2.12. The fourth-order valence-electron chi connectivity index (χ4n) is 2.90. The molecular formula is C11H21NO. The largest absolute Gasteiger partial charge is 0.370 e. The fraction of sp³-hybridized carbons (Fsp3) is 1.00. The van der Waals surface area contributed by atoms with Gasteiger partial charge in [0, 0.05) is 12.5 Å². The average Bonchev–Trinajstić information content (AvgIpc) is 2.11. The molecule has 1 aliphatic carbocycles. The van der Waals surface area contributed by atoms with E-state index in [1.807, 2.05) is 0 Å². The van der Waals surface area contributed by atoms with Gasteiger partial charge in [0.25, 0.3) is 0 Å². The zero-order valence-corrected chi connectivity index (χ0v) is 8.92. The molecule has 2 heterocycles. The van der Waals surface area contributed by atoms with Crippen LogP contribution in [0.4, 0.5) is 0 Å². The Bertz CT molecular complexity index is 196. The molecule has 4 atom stereocenters. The van der Waals surface area contributed by atoms with Crippen molar-refractivity contribution < 1.29 is 4.74 Å². The van der Waals surface area contributed by atoms with E-state index in [2.05, 4.69) is 20.8 Å². The van der Waals surface area contributed by atoms with Crippen LogP contribution >= 0.6 is 0 Å². The predicted octanol–water partition coefficient (Wildman–Crippen LogP) is 1.93. The molecule has 2 N–H and O–H groups in total. The lowest BCUT2D eigenvalue weighted by molar-refractivity contribution is -0.230. The van der Waals surface area contributed by atoms with E-state index in [1.165, 1.54) is 12.8 Å². The minimum Gasteiger partial charge on any atom is -0.370 e. The van der Waals surface area contributed by atoms with E-state index in [4.69, 9.17) is 10.5 Å². The van der Waals surface area contributed by atoms with Crippen molar-refractivity contribution in [3.8, 4) is 0 Å². The van der Waals surface area contributed by atoms with Gasteiger partial charge in [-0.3, -0.25) is 0 Å². The summed E-state index contributed by atoms with van der Waals surface area (Å²) in [6, 6.07) is 0.282. The maximum Gasteiger partial charge on any atom is 0.0761 e. The minimum absolute atomic E-state index is 0.179. The quantitative estimate of drug-likeness (QED) is 0.674. The molecule has 0 aromatic heterocycles. The SMILES string of the molecule is CC(C)C12C[C@H](C)C[C@@H](N)[C@H](C1)O2. The smallest absolute Gasteiger partial charge is 0.0761 e. The molecule has 13 heavy (non-hydrogen) atoms. The van der Waals surface area contributed by atoms with E-state index >= 15 is 0 Å². The Morgan fingerprint density at radius 1 is 1.38 bits per heavy atom. The summed E-state index contributed by atoms with van der Waals surface area (Å²) in [5.74, 6) is 1.36. The monoisotopic (exact) mass is 183 g/mol. The normalized spacial score (nSPS) is 50.1. The third-order valence-electron chi connectivity index (χ3n) is 3.83. The van der Waals surface area contributed by atoms with Gasteiger partial charge in [0.1, 0.15) is 0 Å². The van der Waals surface area contributed by atoms with Crippen molar-refractivity contribution in [2.45, 2.75) is 57.8 Å². The summed E-state index contributed by atoms with van der Waals surface area (Å²) in [5.41, 5.74) is 6.22. The van der Waals surface area contributed by atoms with Crippen molar-refractivity contribution in [1.29, 1.82) is 0 Å². The highest BCUT2D eigenvalue weighted by Crippen LogP contribution is 2.48. The number of nitrogens with two attached hydrogens (primary N) is 1. The maximum absolute atomic E-state index is 6.04. The van der Waals surface area contributed by atoms with Crippen molar-refractivity contribution in [3.63, 3.8) is 0 Å². The van der Waals surface area contributed by atoms with Crippen LogP contribution in [0, 0.1) is 11.8 Å². The number of hydrogen-bond acceptors (Lipinski definition) is 2. The van der Waals surface area contributed by atoms with Gasteiger partial charge in [-0.05, 0) is 24.7 Å². The second-order valence-electron chi connectivity index (χ2n) is 5.29. The van der Waals surface area contributed by atoms with Gasteiger partial charge in [0.15, 0.2) is 0 Å². The van der Waals surface area contributed by atoms with Crippen LogP contribution in [0.15, 0.2) is 0 Å². The molecule has 2 bridgehead atoms. The molecule has 1 saturated carbocycles. The Hall–Kier alpha value is -0.0800. The highest BCUT2D eigenvalue weighted by Gasteiger charge is 2.52. The van der Waals surface area contributed by atoms with Gasteiger partial charge in [-0.2, -0.15) is 0 Å². The number of hydrogen-bond donors (Lipinski definition) is 1. The molecule has 3 aliphatic rings. The molecule has 76 valence electrons. The fourth-order valence-corrected chi connectivity index (χ4v) is 2.90.